The third kappa shape index (κ3) is 13.8. The van der Waals surface area contributed by atoms with Crippen LogP contribution >= 0.6 is 91.5 Å². The van der Waals surface area contributed by atoms with Gasteiger partial charge >= 0.3 is 0 Å². The molecule has 5 nitrogen and oxygen atoms in total. The summed E-state index contributed by atoms with van der Waals surface area (Å²) >= 11 is 18.6. The molecule has 0 fully saturated rings. The summed E-state index contributed by atoms with van der Waals surface area (Å²) in [4.78, 5) is 11.1. The van der Waals surface area contributed by atoms with Gasteiger partial charge in [0.2, 0.25) is 6.71 Å². The predicted octanol–water partition coefficient (Wildman–Crippen LogP) is 30.1. The number of aromatic nitrogens is 5. The van der Waals surface area contributed by atoms with Crippen molar-refractivity contribution in [2.75, 3.05) is 0 Å². The molecule has 0 saturated heterocycles. The number of halogens is 4. The monoisotopic (exact) mass is 1800 g/mol. The molecular formula is C108H68BBr2F2N5S5. The lowest BCUT2D eigenvalue weighted by Crippen LogP contribution is -2.58. The Kier molecular flexibility index (Phi) is 20.2. The lowest BCUT2D eigenvalue weighted by atomic mass is 9.36. The number of benzene rings is 18. The fraction of sp³-hybridized carbons (Fsp3) is 0. The zero-order valence-electron chi connectivity index (χ0n) is 65.6. The minimum Gasteiger partial charge on any atom is -0.309 e. The maximum atomic E-state index is 12.3. The van der Waals surface area contributed by atoms with E-state index in [1.807, 2.05) is 35.7 Å². The average Bonchev–Trinajstić information content (AvgIpc) is 1.70. The van der Waals surface area contributed by atoms with E-state index in [1.54, 1.807) is 23.5 Å². The summed E-state index contributed by atoms with van der Waals surface area (Å²) in [5.41, 5.74) is 22.5. The summed E-state index contributed by atoms with van der Waals surface area (Å²) in [6.45, 7) is 0.202. The van der Waals surface area contributed by atoms with Crippen molar-refractivity contribution in [1.82, 2.24) is 22.8 Å². The van der Waals surface area contributed by atoms with Crippen molar-refractivity contribution in [2.24, 2.45) is 0 Å². The Hall–Kier alpha value is -12.4. The van der Waals surface area contributed by atoms with E-state index >= 15 is 0 Å². The molecule has 0 aliphatic carbocycles. The number of thiol groups is 1. The van der Waals surface area contributed by atoms with Crippen LogP contribution in [0, 0.1) is 11.6 Å². The zero-order chi connectivity index (χ0) is 82.3. The maximum absolute atomic E-state index is 12.3. The summed E-state index contributed by atoms with van der Waals surface area (Å²) in [5.74, 6) is -1.15. The van der Waals surface area contributed by atoms with Gasteiger partial charge in [-0.15, -0.1) is 12.6 Å². The van der Waals surface area contributed by atoms with Gasteiger partial charge in [0.05, 0.1) is 59.6 Å². The molecule has 0 bridgehead atoms. The van der Waals surface area contributed by atoms with Crippen molar-refractivity contribution >= 4 is 224 Å². The first-order valence-electron chi connectivity index (χ1n) is 40.5. The van der Waals surface area contributed by atoms with E-state index < -0.39 is 11.6 Å². The molecule has 0 amide bonds. The number of hydrogen-bond acceptors (Lipinski definition) is 5. The summed E-state index contributed by atoms with van der Waals surface area (Å²) in [6, 6.07) is 144. The highest BCUT2D eigenvalue weighted by atomic mass is 79.9. The highest BCUT2D eigenvalue weighted by Crippen LogP contribution is 2.46. The molecule has 7 heterocycles. The molecule has 0 radical (unpaired) electrons. The van der Waals surface area contributed by atoms with Crippen LogP contribution < -0.4 is 16.4 Å². The SMILES string of the molecule is Brc1c(Sc2cccc(-n3c4ccccc4c4ccccc43)c2)cccc1Sc1cccc(-n2c3ccccc3c3ccccc32)c1.Fc1cccc(F)c1Br.Sc1cccc(-n2c3ccccc3c3ccccc32)c1.c1cc2c3c(c1)Sc1cc(-n4c5ccccc5c5ccccc54)ccc1B3c1ccc(-n3c4ccccc4c4ccccc43)cc1S2. The molecule has 586 valence electrons. The molecule has 25 rings (SSSR count). The molecule has 0 saturated carbocycles. The molecule has 2 aliphatic rings. The van der Waals surface area contributed by atoms with E-state index in [0.29, 0.717) is 0 Å². The molecule has 15 heteroatoms. The Morgan fingerprint density at radius 1 is 0.244 bits per heavy atom. The van der Waals surface area contributed by atoms with Gasteiger partial charge in [0, 0.05) is 131 Å². The van der Waals surface area contributed by atoms with Gasteiger partial charge in [0.1, 0.15) is 11.6 Å². The molecule has 0 spiro atoms. The van der Waals surface area contributed by atoms with Crippen molar-refractivity contribution in [1.29, 1.82) is 0 Å². The van der Waals surface area contributed by atoms with Crippen molar-refractivity contribution in [3.63, 3.8) is 0 Å². The number of hydrogen-bond donors (Lipinski definition) is 1. The highest BCUT2D eigenvalue weighted by molar-refractivity contribution is 9.10. The first-order chi connectivity index (χ1) is 60.6. The van der Waals surface area contributed by atoms with Crippen LogP contribution in [0.15, 0.2) is 459 Å². The minimum atomic E-state index is -0.574. The number of fused-ring (bicyclic) bond motifs is 19. The molecule has 5 aromatic heterocycles. The van der Waals surface area contributed by atoms with Gasteiger partial charge in [-0.2, -0.15) is 0 Å². The Morgan fingerprint density at radius 2 is 0.504 bits per heavy atom. The molecule has 0 atom stereocenters. The number of nitrogens with zero attached hydrogens (tertiary/aromatic N) is 5. The third-order valence-electron chi connectivity index (χ3n) is 23.3. The van der Waals surface area contributed by atoms with Crippen LogP contribution in [-0.4, -0.2) is 29.5 Å². The summed E-state index contributed by atoms with van der Waals surface area (Å²) in [7, 11) is 0. The van der Waals surface area contributed by atoms with E-state index in [0.717, 1.165) is 26.4 Å². The standard InChI is InChI=1S/C42H25BN2S2.C42H27BrN2S2.C18H13NS.C6H3BrF2/c1-5-14-34-28(10-1)29-11-2-6-15-35(29)44(34)26-20-22-32-40(24-26)46-38-18-9-19-39-42(38)43(32)33-23-21-27(25-41(33)47-39)45-36-16-7-3-12-30(36)31-13-4-8-17-37(31)45;43-42-40(46-30-14-9-12-28(26-30)44-36-20-5-1-16-32(36)33-17-2-6-21-37(33)44)24-11-25-41(42)47-31-15-10-13-29(27-31)45-38-22-7-3-18-34(38)35-19-4-8-23-39(35)45;20-14-7-5-6-13(12-14)19-17-10-3-1-8-15(17)16-9-2-4-11-18(16)19;7-6-4(8)2-1-3-5(6)9/h1-25H;1-27H;1-12,20H;1-3H. The van der Waals surface area contributed by atoms with Gasteiger partial charge in [-0.1, -0.05) is 288 Å². The number of para-hydroxylation sites is 10. The van der Waals surface area contributed by atoms with E-state index in [-0.39, 0.29) is 11.2 Å². The van der Waals surface area contributed by atoms with Crippen molar-refractivity contribution in [3.8, 4) is 28.4 Å². The second-order valence-electron chi connectivity index (χ2n) is 30.4. The lowest BCUT2D eigenvalue weighted by molar-refractivity contribution is 0.572. The van der Waals surface area contributed by atoms with E-state index in [1.165, 1.54) is 194 Å². The van der Waals surface area contributed by atoms with Gasteiger partial charge in [0.25, 0.3) is 0 Å². The second kappa shape index (κ2) is 32.4. The Bertz CT molecular complexity index is 7520. The minimum absolute atomic E-state index is 0.106. The first-order valence-corrected chi connectivity index (χ1v) is 45.8. The third-order valence-corrected chi connectivity index (χ3v) is 30.1. The van der Waals surface area contributed by atoms with Crippen molar-refractivity contribution in [2.45, 2.75) is 44.1 Å². The van der Waals surface area contributed by atoms with Crippen LogP contribution in [0.25, 0.3) is 137 Å². The van der Waals surface area contributed by atoms with Crippen LogP contribution in [0.2, 0.25) is 0 Å². The summed E-state index contributed by atoms with van der Waals surface area (Å²) in [5, 5.41) is 12.8. The van der Waals surface area contributed by atoms with Crippen LogP contribution in [-0.2, 0) is 0 Å². The Balaban J connectivity index is 0.000000111. The van der Waals surface area contributed by atoms with Crippen LogP contribution in [0.5, 0.6) is 0 Å². The van der Waals surface area contributed by atoms with Crippen LogP contribution in [0.3, 0.4) is 0 Å². The smallest absolute Gasteiger partial charge is 0.247 e. The normalized spacial score (nSPS) is 12.1. The fourth-order valence-corrected chi connectivity index (χ4v) is 23.7. The molecular weight excluding hydrogens is 1740 g/mol. The van der Waals surface area contributed by atoms with Gasteiger partial charge in [-0.25, -0.2) is 8.78 Å². The van der Waals surface area contributed by atoms with Gasteiger partial charge in [-0.3, -0.25) is 0 Å². The molecule has 0 unspecified atom stereocenters. The Morgan fingerprint density at radius 3 is 0.805 bits per heavy atom. The average molecular weight is 1800 g/mol. The summed E-state index contributed by atoms with van der Waals surface area (Å²) in [6.07, 6.45) is 0. The largest absolute Gasteiger partial charge is 0.309 e. The van der Waals surface area contributed by atoms with Gasteiger partial charge < -0.3 is 22.8 Å². The molecule has 123 heavy (non-hydrogen) atoms. The molecule has 18 aromatic carbocycles. The second-order valence-corrected chi connectivity index (χ2v) is 36.9. The van der Waals surface area contributed by atoms with Crippen molar-refractivity contribution in [3.05, 3.63) is 427 Å². The fourth-order valence-electron chi connectivity index (χ4n) is 18.1. The molecule has 2 aliphatic heterocycles. The van der Waals surface area contributed by atoms with Crippen molar-refractivity contribution < 1.29 is 8.78 Å². The van der Waals surface area contributed by atoms with E-state index in [9.17, 15) is 8.78 Å². The number of rotatable bonds is 9. The highest BCUT2D eigenvalue weighted by Gasteiger charge is 2.39. The zero-order valence-corrected chi connectivity index (χ0v) is 72.9. The molecule has 23 aromatic rings. The molecule has 0 N–H and O–H groups in total. The topological polar surface area (TPSA) is 24.6 Å². The van der Waals surface area contributed by atoms with Gasteiger partial charge in [0.15, 0.2) is 0 Å². The van der Waals surface area contributed by atoms with Gasteiger partial charge in [-0.05, 0) is 213 Å². The van der Waals surface area contributed by atoms with Crippen LogP contribution in [0.4, 0.5) is 8.78 Å². The van der Waals surface area contributed by atoms with Crippen LogP contribution in [0.1, 0.15) is 0 Å². The summed E-state index contributed by atoms with van der Waals surface area (Å²) < 4.78 is 37.5. The maximum Gasteiger partial charge on any atom is 0.247 e. The predicted molar refractivity (Wildman–Crippen MR) is 527 cm³/mol. The Labute approximate surface area is 748 Å². The quantitative estimate of drug-likeness (QED) is 0.0884. The van der Waals surface area contributed by atoms with E-state index in [4.69, 9.17) is 0 Å². The lowest BCUT2D eigenvalue weighted by Gasteiger charge is -2.33. The first kappa shape index (κ1) is 76.7. The van der Waals surface area contributed by atoms with E-state index in [2.05, 4.69) is 443 Å².